The van der Waals surface area contributed by atoms with Gasteiger partial charge in [-0.2, -0.15) is 0 Å². The van der Waals surface area contributed by atoms with E-state index in [1.54, 1.807) is 25.3 Å². The van der Waals surface area contributed by atoms with Gasteiger partial charge in [0, 0.05) is 12.7 Å². The topological polar surface area (TPSA) is 85.9 Å². The third kappa shape index (κ3) is 6.54. The van der Waals surface area contributed by atoms with Crippen LogP contribution < -0.4 is 20.3 Å². The summed E-state index contributed by atoms with van der Waals surface area (Å²) in [6.45, 7) is 4.54. The highest BCUT2D eigenvalue weighted by Crippen LogP contribution is 2.26. The fourth-order valence-corrected chi connectivity index (χ4v) is 2.83. The fourth-order valence-electron chi connectivity index (χ4n) is 2.33. The maximum Gasteiger partial charge on any atom is 0.276 e. The monoisotopic (exact) mass is 450 g/mol. The molecule has 0 aliphatic heterocycles. The first kappa shape index (κ1) is 21.7. The number of aryl methyl sites for hydroxylation is 2. The van der Waals surface area contributed by atoms with Crippen molar-refractivity contribution in [3.8, 4) is 11.5 Å². The molecule has 28 heavy (non-hydrogen) atoms. The Bertz CT molecular complexity index is 841. The molecule has 2 aromatic rings. The second-order valence-corrected chi connectivity index (χ2v) is 6.90. The van der Waals surface area contributed by atoms with Crippen LogP contribution in [0.15, 0.2) is 40.9 Å². The summed E-state index contributed by atoms with van der Waals surface area (Å²) in [5, 5.41) is 0. The maximum atomic E-state index is 12.2. The summed E-state index contributed by atoms with van der Waals surface area (Å²) in [7, 11) is 1.59. The number of hydrazine groups is 1. The Labute approximate surface area is 172 Å². The van der Waals surface area contributed by atoms with E-state index in [4.69, 9.17) is 14.2 Å². The molecule has 0 radical (unpaired) electrons. The molecule has 7 nitrogen and oxygen atoms in total. The molecule has 0 aliphatic rings. The van der Waals surface area contributed by atoms with Crippen molar-refractivity contribution in [3.05, 3.63) is 57.6 Å². The van der Waals surface area contributed by atoms with Crippen molar-refractivity contribution in [1.29, 1.82) is 0 Å². The third-order valence-electron chi connectivity index (χ3n) is 3.74. The highest BCUT2D eigenvalue weighted by atomic mass is 79.9. The molecule has 2 amide bonds. The first-order valence-corrected chi connectivity index (χ1v) is 9.40. The van der Waals surface area contributed by atoms with Crippen LogP contribution in [-0.2, 0) is 9.53 Å². The lowest BCUT2D eigenvalue weighted by Gasteiger charge is -2.12. The van der Waals surface area contributed by atoms with E-state index in [0.717, 1.165) is 11.1 Å². The molecular formula is C20H23BrN2O5. The number of benzene rings is 2. The minimum atomic E-state index is -0.466. The number of halogens is 1. The molecule has 0 spiro atoms. The lowest BCUT2D eigenvalue weighted by atomic mass is 10.1. The van der Waals surface area contributed by atoms with E-state index in [0.29, 0.717) is 34.7 Å². The van der Waals surface area contributed by atoms with Crippen LogP contribution in [0.1, 0.15) is 21.5 Å². The number of hydrogen-bond acceptors (Lipinski definition) is 5. The average molecular weight is 451 g/mol. The number of carbonyl (C=O) groups is 2. The molecule has 0 aromatic heterocycles. The van der Waals surface area contributed by atoms with Crippen LogP contribution >= 0.6 is 15.9 Å². The largest absolute Gasteiger partial charge is 0.490 e. The highest BCUT2D eigenvalue weighted by Gasteiger charge is 2.11. The van der Waals surface area contributed by atoms with Crippen LogP contribution in [0, 0.1) is 13.8 Å². The van der Waals surface area contributed by atoms with Crippen LogP contribution in [0.2, 0.25) is 0 Å². The molecule has 0 fully saturated rings. The van der Waals surface area contributed by atoms with Gasteiger partial charge in [0.05, 0.1) is 11.1 Å². The number of hydrogen-bond donors (Lipinski definition) is 2. The first-order valence-electron chi connectivity index (χ1n) is 8.61. The van der Waals surface area contributed by atoms with E-state index in [1.165, 1.54) is 0 Å². The van der Waals surface area contributed by atoms with Gasteiger partial charge in [-0.25, -0.2) is 0 Å². The van der Waals surface area contributed by atoms with Crippen molar-refractivity contribution >= 4 is 27.7 Å². The number of carbonyl (C=O) groups excluding carboxylic acids is 2. The molecule has 0 heterocycles. The van der Waals surface area contributed by atoms with Gasteiger partial charge in [-0.3, -0.25) is 20.4 Å². The van der Waals surface area contributed by atoms with Gasteiger partial charge >= 0.3 is 0 Å². The van der Waals surface area contributed by atoms with Crippen molar-refractivity contribution < 1.29 is 23.8 Å². The molecule has 0 unspecified atom stereocenters. The Morgan fingerprint density at radius 1 is 0.964 bits per heavy atom. The van der Waals surface area contributed by atoms with Crippen molar-refractivity contribution in [2.45, 2.75) is 13.8 Å². The van der Waals surface area contributed by atoms with E-state index in [-0.39, 0.29) is 6.61 Å². The lowest BCUT2D eigenvalue weighted by Crippen LogP contribution is -2.43. The Kier molecular flexibility index (Phi) is 8.28. The zero-order valence-electron chi connectivity index (χ0n) is 16.0. The van der Waals surface area contributed by atoms with Crippen molar-refractivity contribution in [2.75, 3.05) is 26.9 Å². The molecule has 0 saturated heterocycles. The van der Waals surface area contributed by atoms with Gasteiger partial charge < -0.3 is 14.2 Å². The van der Waals surface area contributed by atoms with E-state index in [2.05, 4.69) is 26.8 Å². The predicted octanol–water partition coefficient (Wildman–Crippen LogP) is 2.93. The zero-order valence-corrected chi connectivity index (χ0v) is 17.6. The van der Waals surface area contributed by atoms with Crippen LogP contribution in [0.25, 0.3) is 0 Å². The number of ether oxygens (including phenoxy) is 3. The average Bonchev–Trinajstić information content (AvgIpc) is 2.66. The van der Waals surface area contributed by atoms with Crippen LogP contribution in [0.4, 0.5) is 0 Å². The molecular weight excluding hydrogens is 428 g/mol. The van der Waals surface area contributed by atoms with Crippen molar-refractivity contribution in [2.24, 2.45) is 0 Å². The van der Waals surface area contributed by atoms with Crippen LogP contribution in [0.5, 0.6) is 11.5 Å². The molecule has 2 aromatic carbocycles. The molecule has 2 N–H and O–H groups in total. The van der Waals surface area contributed by atoms with Gasteiger partial charge in [-0.1, -0.05) is 17.7 Å². The molecule has 2 rings (SSSR count). The van der Waals surface area contributed by atoms with Gasteiger partial charge in [0.2, 0.25) is 0 Å². The Morgan fingerprint density at radius 3 is 2.39 bits per heavy atom. The van der Waals surface area contributed by atoms with E-state index >= 15 is 0 Å². The van der Waals surface area contributed by atoms with Gasteiger partial charge in [0.15, 0.2) is 6.61 Å². The van der Waals surface area contributed by atoms with Gasteiger partial charge in [-0.15, -0.1) is 0 Å². The zero-order chi connectivity index (χ0) is 20.5. The Morgan fingerprint density at radius 2 is 1.71 bits per heavy atom. The first-order chi connectivity index (χ1) is 13.4. The van der Waals surface area contributed by atoms with Crippen molar-refractivity contribution in [3.63, 3.8) is 0 Å². The normalized spacial score (nSPS) is 10.3. The summed E-state index contributed by atoms with van der Waals surface area (Å²) in [6, 6.07) is 10.6. The number of nitrogens with one attached hydrogen (secondary N) is 2. The molecule has 150 valence electrons. The second-order valence-electron chi connectivity index (χ2n) is 6.05. The molecule has 0 bridgehead atoms. The van der Waals surface area contributed by atoms with E-state index < -0.39 is 11.8 Å². The fraction of sp³-hybridized carbons (Fsp3) is 0.300. The summed E-state index contributed by atoms with van der Waals surface area (Å²) in [5.41, 5.74) is 7.10. The number of amides is 2. The summed E-state index contributed by atoms with van der Waals surface area (Å²) in [4.78, 5) is 24.1. The molecule has 0 saturated carbocycles. The van der Waals surface area contributed by atoms with Crippen LogP contribution in [0.3, 0.4) is 0 Å². The van der Waals surface area contributed by atoms with E-state index in [9.17, 15) is 9.59 Å². The number of methoxy groups -OCH3 is 1. The smallest absolute Gasteiger partial charge is 0.276 e. The van der Waals surface area contributed by atoms with Gasteiger partial charge in [0.25, 0.3) is 11.8 Å². The molecule has 0 aliphatic carbocycles. The van der Waals surface area contributed by atoms with Crippen LogP contribution in [-0.4, -0.2) is 38.7 Å². The summed E-state index contributed by atoms with van der Waals surface area (Å²) in [6.07, 6.45) is 0. The summed E-state index contributed by atoms with van der Waals surface area (Å²) >= 11 is 3.36. The van der Waals surface area contributed by atoms with Gasteiger partial charge in [0.1, 0.15) is 18.1 Å². The Hall–Kier alpha value is -2.58. The molecule has 8 heteroatoms. The summed E-state index contributed by atoms with van der Waals surface area (Å²) in [5.74, 6) is 0.301. The summed E-state index contributed by atoms with van der Waals surface area (Å²) < 4.78 is 16.5. The quantitative estimate of drug-likeness (QED) is 0.476. The minimum Gasteiger partial charge on any atom is -0.490 e. The molecule has 0 atom stereocenters. The SMILES string of the molecule is COCCOc1ccc(C(=O)NNC(=O)COc2ccc(C)cc2C)cc1Br. The van der Waals surface area contributed by atoms with Crippen molar-refractivity contribution in [1.82, 2.24) is 10.9 Å². The van der Waals surface area contributed by atoms with E-state index in [1.807, 2.05) is 32.0 Å². The minimum absolute atomic E-state index is 0.208. The predicted molar refractivity (Wildman–Crippen MR) is 109 cm³/mol. The highest BCUT2D eigenvalue weighted by molar-refractivity contribution is 9.10. The van der Waals surface area contributed by atoms with Gasteiger partial charge in [-0.05, 0) is 59.6 Å². The number of rotatable bonds is 8. The maximum absolute atomic E-state index is 12.2. The second kappa shape index (κ2) is 10.7. The third-order valence-corrected chi connectivity index (χ3v) is 4.36. The standard InChI is InChI=1S/C20H23BrN2O5/c1-13-4-6-17(14(2)10-13)28-12-19(24)22-23-20(25)15-5-7-18(16(21)11-15)27-9-8-26-3/h4-7,10-11H,8-9,12H2,1-3H3,(H,22,24)(H,23,25). The Balaban J connectivity index is 1.82. The lowest BCUT2D eigenvalue weighted by molar-refractivity contribution is -0.123.